The number of rotatable bonds is 0. The predicted octanol–water partition coefficient (Wildman–Crippen LogP) is 1.17. The maximum atomic E-state index is 5.87. The van der Waals surface area contributed by atoms with Crippen LogP contribution < -0.4 is 10.5 Å². The van der Waals surface area contributed by atoms with Crippen LogP contribution in [0.15, 0.2) is 12.1 Å². The Bertz CT molecular complexity index is 299. The van der Waals surface area contributed by atoms with Crippen LogP contribution in [-0.2, 0) is 0 Å². The van der Waals surface area contributed by atoms with E-state index in [1.807, 2.05) is 19.1 Å². The van der Waals surface area contributed by atoms with Gasteiger partial charge in [-0.1, -0.05) is 0 Å². The molecule has 64 valence electrons. The van der Waals surface area contributed by atoms with E-state index < -0.39 is 0 Å². The zero-order valence-electron chi connectivity index (χ0n) is 7.08. The Morgan fingerprint density at radius 3 is 3.25 bits per heavy atom. The minimum Gasteiger partial charge on any atom is -0.492 e. The van der Waals surface area contributed by atoms with Gasteiger partial charge in [0.1, 0.15) is 5.75 Å². The Labute approximate surface area is 71.6 Å². The number of pyridine rings is 1. The summed E-state index contributed by atoms with van der Waals surface area (Å²) in [6, 6.07) is 3.93. The lowest BCUT2D eigenvalue weighted by Gasteiger charge is -2.21. The Morgan fingerprint density at radius 1 is 1.58 bits per heavy atom. The normalized spacial score (nSPS) is 21.3. The Morgan fingerprint density at radius 2 is 2.42 bits per heavy atom. The van der Waals surface area contributed by atoms with Gasteiger partial charge in [0.25, 0.3) is 0 Å². The second-order valence-electron chi connectivity index (χ2n) is 3.08. The molecular weight excluding hydrogens is 152 g/mol. The van der Waals surface area contributed by atoms with Gasteiger partial charge in [0.05, 0.1) is 18.3 Å². The number of aryl methyl sites for hydroxylation is 1. The van der Waals surface area contributed by atoms with Crippen molar-refractivity contribution in [3.63, 3.8) is 0 Å². The van der Waals surface area contributed by atoms with Crippen molar-refractivity contribution in [2.45, 2.75) is 19.4 Å². The van der Waals surface area contributed by atoms with E-state index >= 15 is 0 Å². The molecule has 1 atom stereocenters. The molecule has 0 fully saturated rings. The van der Waals surface area contributed by atoms with Crippen molar-refractivity contribution in [1.29, 1.82) is 0 Å². The molecule has 0 saturated heterocycles. The summed E-state index contributed by atoms with van der Waals surface area (Å²) in [5, 5.41) is 0. The van der Waals surface area contributed by atoms with Crippen LogP contribution in [0.2, 0.25) is 0 Å². The molecule has 0 amide bonds. The number of hydrogen-bond donors (Lipinski definition) is 1. The third kappa shape index (κ3) is 1.16. The third-order valence-electron chi connectivity index (χ3n) is 2.06. The topological polar surface area (TPSA) is 48.1 Å². The highest BCUT2D eigenvalue weighted by atomic mass is 16.5. The summed E-state index contributed by atoms with van der Waals surface area (Å²) in [4.78, 5) is 4.34. The monoisotopic (exact) mass is 164 g/mol. The van der Waals surface area contributed by atoms with Crippen molar-refractivity contribution in [2.75, 3.05) is 6.61 Å². The van der Waals surface area contributed by atoms with Crippen molar-refractivity contribution in [2.24, 2.45) is 5.73 Å². The van der Waals surface area contributed by atoms with Crippen LogP contribution in [0, 0.1) is 6.92 Å². The van der Waals surface area contributed by atoms with E-state index in [1.54, 1.807) is 0 Å². The minimum absolute atomic E-state index is 0.0497. The van der Waals surface area contributed by atoms with Crippen LogP contribution >= 0.6 is 0 Å². The van der Waals surface area contributed by atoms with E-state index in [0.29, 0.717) is 6.61 Å². The molecule has 3 nitrogen and oxygen atoms in total. The fourth-order valence-electron chi connectivity index (χ4n) is 1.38. The van der Waals surface area contributed by atoms with Gasteiger partial charge < -0.3 is 10.5 Å². The van der Waals surface area contributed by atoms with E-state index in [1.165, 1.54) is 0 Å². The first kappa shape index (κ1) is 7.55. The first-order valence-corrected chi connectivity index (χ1v) is 4.13. The predicted molar refractivity (Wildman–Crippen MR) is 46.0 cm³/mol. The van der Waals surface area contributed by atoms with E-state index in [9.17, 15) is 0 Å². The van der Waals surface area contributed by atoms with Crippen molar-refractivity contribution < 1.29 is 4.74 Å². The summed E-state index contributed by atoms with van der Waals surface area (Å²) < 4.78 is 5.41. The molecule has 0 aromatic carbocycles. The summed E-state index contributed by atoms with van der Waals surface area (Å²) in [5.41, 5.74) is 7.77. The molecule has 0 radical (unpaired) electrons. The van der Waals surface area contributed by atoms with E-state index in [-0.39, 0.29) is 6.04 Å². The molecule has 3 heteroatoms. The summed E-state index contributed by atoms with van der Waals surface area (Å²) in [7, 11) is 0. The molecule has 1 aliphatic heterocycles. The van der Waals surface area contributed by atoms with Gasteiger partial charge >= 0.3 is 0 Å². The van der Waals surface area contributed by atoms with Crippen LogP contribution in [0.3, 0.4) is 0 Å². The Hall–Kier alpha value is -1.09. The highest BCUT2D eigenvalue weighted by Crippen LogP contribution is 2.28. The van der Waals surface area contributed by atoms with E-state index in [2.05, 4.69) is 4.98 Å². The lowest BCUT2D eigenvalue weighted by molar-refractivity contribution is 0.264. The molecule has 2 rings (SSSR count). The van der Waals surface area contributed by atoms with Crippen LogP contribution in [0.1, 0.15) is 23.9 Å². The quantitative estimate of drug-likeness (QED) is 0.626. The number of nitrogens with two attached hydrogens (primary N) is 1. The van der Waals surface area contributed by atoms with E-state index in [0.717, 1.165) is 23.6 Å². The van der Waals surface area contributed by atoms with Crippen LogP contribution in [-0.4, -0.2) is 11.6 Å². The molecule has 0 spiro atoms. The third-order valence-corrected chi connectivity index (χ3v) is 2.06. The van der Waals surface area contributed by atoms with Gasteiger partial charge in [-0.2, -0.15) is 0 Å². The SMILES string of the molecule is Cc1ccc2c(n1)C(N)CCO2. The van der Waals surface area contributed by atoms with Crippen LogP contribution in [0.25, 0.3) is 0 Å². The lowest BCUT2D eigenvalue weighted by atomic mass is 10.1. The Balaban J connectivity index is 2.47. The molecule has 1 aromatic heterocycles. The summed E-state index contributed by atoms with van der Waals surface area (Å²) in [5.74, 6) is 0.847. The molecule has 1 aliphatic rings. The molecule has 12 heavy (non-hydrogen) atoms. The summed E-state index contributed by atoms with van der Waals surface area (Å²) in [6.07, 6.45) is 0.865. The van der Waals surface area contributed by atoms with Gasteiger partial charge in [0.15, 0.2) is 0 Å². The molecule has 0 saturated carbocycles. The summed E-state index contributed by atoms with van der Waals surface area (Å²) in [6.45, 7) is 2.67. The van der Waals surface area contributed by atoms with Crippen molar-refractivity contribution >= 4 is 0 Å². The number of fused-ring (bicyclic) bond motifs is 1. The average molecular weight is 164 g/mol. The van der Waals surface area contributed by atoms with Crippen molar-refractivity contribution in [3.8, 4) is 5.75 Å². The zero-order valence-corrected chi connectivity index (χ0v) is 7.08. The van der Waals surface area contributed by atoms with Gasteiger partial charge in [0, 0.05) is 12.1 Å². The van der Waals surface area contributed by atoms with Crippen molar-refractivity contribution in [3.05, 3.63) is 23.5 Å². The van der Waals surface area contributed by atoms with Crippen molar-refractivity contribution in [1.82, 2.24) is 4.98 Å². The zero-order chi connectivity index (χ0) is 8.55. The van der Waals surface area contributed by atoms with Crippen LogP contribution in [0.5, 0.6) is 5.75 Å². The standard InChI is InChI=1S/C9H12N2O/c1-6-2-3-8-9(11-6)7(10)4-5-12-8/h2-3,7H,4-5,10H2,1H3. The van der Waals surface area contributed by atoms with Crippen LogP contribution in [0.4, 0.5) is 0 Å². The Kier molecular flexibility index (Phi) is 1.73. The number of ether oxygens (including phenoxy) is 1. The molecule has 1 unspecified atom stereocenters. The molecule has 1 aromatic rings. The fraction of sp³-hybridized carbons (Fsp3) is 0.444. The molecule has 2 N–H and O–H groups in total. The molecule has 0 bridgehead atoms. The fourth-order valence-corrected chi connectivity index (χ4v) is 1.38. The van der Waals surface area contributed by atoms with Gasteiger partial charge in [-0.05, 0) is 19.1 Å². The largest absolute Gasteiger partial charge is 0.492 e. The second-order valence-corrected chi connectivity index (χ2v) is 3.08. The molecule has 0 aliphatic carbocycles. The first-order chi connectivity index (χ1) is 5.77. The minimum atomic E-state index is 0.0497. The summed E-state index contributed by atoms with van der Waals surface area (Å²) >= 11 is 0. The number of nitrogens with zero attached hydrogens (tertiary/aromatic N) is 1. The lowest BCUT2D eigenvalue weighted by Crippen LogP contribution is -2.22. The maximum absolute atomic E-state index is 5.87. The van der Waals surface area contributed by atoms with Gasteiger partial charge in [0.2, 0.25) is 0 Å². The molecule has 2 heterocycles. The van der Waals surface area contributed by atoms with Gasteiger partial charge in [-0.3, -0.25) is 4.98 Å². The number of aromatic nitrogens is 1. The first-order valence-electron chi connectivity index (χ1n) is 4.13. The average Bonchev–Trinajstić information content (AvgIpc) is 2.07. The van der Waals surface area contributed by atoms with Gasteiger partial charge in [-0.25, -0.2) is 0 Å². The smallest absolute Gasteiger partial charge is 0.142 e. The highest BCUT2D eigenvalue weighted by Gasteiger charge is 2.18. The highest BCUT2D eigenvalue weighted by molar-refractivity contribution is 5.32. The molecular formula is C9H12N2O. The maximum Gasteiger partial charge on any atom is 0.142 e. The number of hydrogen-bond acceptors (Lipinski definition) is 3. The second kappa shape index (κ2) is 2.75. The van der Waals surface area contributed by atoms with Gasteiger partial charge in [-0.15, -0.1) is 0 Å². The van der Waals surface area contributed by atoms with E-state index in [4.69, 9.17) is 10.5 Å².